The number of hydrogen-bond acceptors (Lipinski definition) is 2. The van der Waals surface area contributed by atoms with Crippen molar-refractivity contribution < 1.29 is 9.47 Å². The van der Waals surface area contributed by atoms with E-state index in [1.807, 2.05) is 0 Å². The van der Waals surface area contributed by atoms with E-state index in [1.165, 1.54) is 12.0 Å². The van der Waals surface area contributed by atoms with Gasteiger partial charge in [0.15, 0.2) is 5.79 Å². The van der Waals surface area contributed by atoms with Gasteiger partial charge in [-0.05, 0) is 25.3 Å². The summed E-state index contributed by atoms with van der Waals surface area (Å²) in [7, 11) is 0. The second-order valence-corrected chi connectivity index (χ2v) is 5.03. The highest BCUT2D eigenvalue weighted by atomic mass is 16.8. The summed E-state index contributed by atoms with van der Waals surface area (Å²) < 4.78 is 12.0. The monoisotopic (exact) mass is 218 g/mol. The Morgan fingerprint density at radius 3 is 2.81 bits per heavy atom. The van der Waals surface area contributed by atoms with Crippen LogP contribution in [0.25, 0.3) is 0 Å². The fraction of sp³-hybridized carbons (Fsp3) is 0.571. The molecule has 2 nitrogen and oxygen atoms in total. The van der Waals surface area contributed by atoms with Gasteiger partial charge in [0.1, 0.15) is 0 Å². The van der Waals surface area contributed by atoms with E-state index in [2.05, 4.69) is 37.3 Å². The van der Waals surface area contributed by atoms with E-state index in [9.17, 15) is 0 Å². The third kappa shape index (κ3) is 1.87. The van der Waals surface area contributed by atoms with E-state index in [4.69, 9.17) is 9.47 Å². The van der Waals surface area contributed by atoms with Crippen LogP contribution in [0.15, 0.2) is 30.3 Å². The van der Waals surface area contributed by atoms with Crippen LogP contribution in [0.3, 0.4) is 0 Å². The van der Waals surface area contributed by atoms with Crippen molar-refractivity contribution in [3.05, 3.63) is 35.9 Å². The Balaban J connectivity index is 1.73. The topological polar surface area (TPSA) is 18.5 Å². The van der Waals surface area contributed by atoms with Gasteiger partial charge in [0, 0.05) is 12.8 Å². The van der Waals surface area contributed by atoms with Crippen LogP contribution >= 0.6 is 0 Å². The van der Waals surface area contributed by atoms with Gasteiger partial charge in [-0.2, -0.15) is 0 Å². The Kier molecular flexibility index (Phi) is 2.49. The fourth-order valence-electron chi connectivity index (χ4n) is 2.83. The average Bonchev–Trinajstić information content (AvgIpc) is 2.50. The Hall–Kier alpha value is -0.860. The summed E-state index contributed by atoms with van der Waals surface area (Å²) in [5.74, 6) is -0.303. The molecule has 2 aliphatic heterocycles. The van der Waals surface area contributed by atoms with Crippen LogP contribution in [0.5, 0.6) is 0 Å². The quantitative estimate of drug-likeness (QED) is 0.760. The van der Waals surface area contributed by atoms with Crippen molar-refractivity contribution >= 4 is 0 Å². The number of ether oxygens (including phenoxy) is 2. The zero-order valence-corrected chi connectivity index (χ0v) is 9.69. The molecule has 2 saturated heterocycles. The van der Waals surface area contributed by atoms with Crippen molar-refractivity contribution in [2.75, 3.05) is 0 Å². The Morgan fingerprint density at radius 1 is 1.25 bits per heavy atom. The lowest BCUT2D eigenvalue weighted by atomic mass is 9.99. The second kappa shape index (κ2) is 3.86. The summed E-state index contributed by atoms with van der Waals surface area (Å²) >= 11 is 0. The largest absolute Gasteiger partial charge is 0.344 e. The van der Waals surface area contributed by atoms with E-state index < -0.39 is 0 Å². The summed E-state index contributed by atoms with van der Waals surface area (Å²) in [6, 6.07) is 10.5. The van der Waals surface area contributed by atoms with Crippen molar-refractivity contribution in [2.45, 2.75) is 50.6 Å². The van der Waals surface area contributed by atoms with Gasteiger partial charge < -0.3 is 9.47 Å². The molecule has 1 aromatic carbocycles. The molecule has 16 heavy (non-hydrogen) atoms. The molecular formula is C14H18O2. The zero-order valence-electron chi connectivity index (χ0n) is 9.69. The smallest absolute Gasteiger partial charge is 0.166 e. The first kappa shape index (κ1) is 10.3. The molecule has 0 spiro atoms. The molecule has 3 rings (SSSR count). The maximum atomic E-state index is 6.05. The standard InChI is InChI=1S/C14H18O2/c1-14-9-5-8-12(15-14)13(16-14)10-11-6-3-2-4-7-11/h2-4,6-7,12-13H,5,8-10H2,1H3/t12-,13+,14-/m0/s1. The predicted octanol–water partition coefficient (Wildman–Crippen LogP) is 2.91. The molecule has 3 atom stereocenters. The molecule has 2 fully saturated rings. The first-order valence-electron chi connectivity index (χ1n) is 6.15. The van der Waals surface area contributed by atoms with Crippen LogP contribution in [-0.4, -0.2) is 18.0 Å². The van der Waals surface area contributed by atoms with Gasteiger partial charge in [-0.1, -0.05) is 30.3 Å². The van der Waals surface area contributed by atoms with E-state index in [-0.39, 0.29) is 11.9 Å². The van der Waals surface area contributed by atoms with Crippen molar-refractivity contribution in [1.29, 1.82) is 0 Å². The van der Waals surface area contributed by atoms with Gasteiger partial charge in [-0.3, -0.25) is 0 Å². The summed E-state index contributed by atoms with van der Waals surface area (Å²) in [6.07, 6.45) is 4.93. The van der Waals surface area contributed by atoms with Crippen molar-refractivity contribution in [3.8, 4) is 0 Å². The lowest BCUT2D eigenvalue weighted by Crippen LogP contribution is -2.30. The molecule has 2 bridgehead atoms. The highest BCUT2D eigenvalue weighted by Gasteiger charge is 2.46. The molecular weight excluding hydrogens is 200 g/mol. The normalized spacial score (nSPS) is 37.6. The van der Waals surface area contributed by atoms with Crippen LogP contribution in [0, 0.1) is 0 Å². The first-order chi connectivity index (χ1) is 7.75. The number of hydrogen-bond donors (Lipinski definition) is 0. The maximum Gasteiger partial charge on any atom is 0.166 e. The van der Waals surface area contributed by atoms with E-state index in [0.717, 1.165) is 19.3 Å². The third-order valence-corrected chi connectivity index (χ3v) is 3.62. The van der Waals surface area contributed by atoms with E-state index in [1.54, 1.807) is 0 Å². The van der Waals surface area contributed by atoms with Crippen LogP contribution < -0.4 is 0 Å². The molecule has 86 valence electrons. The Bertz CT molecular complexity index is 362. The van der Waals surface area contributed by atoms with E-state index in [0.29, 0.717) is 6.10 Å². The van der Waals surface area contributed by atoms with Crippen molar-refractivity contribution in [3.63, 3.8) is 0 Å². The summed E-state index contributed by atoms with van der Waals surface area (Å²) in [6.45, 7) is 2.07. The Morgan fingerprint density at radius 2 is 2.06 bits per heavy atom. The number of benzene rings is 1. The molecule has 2 heterocycles. The third-order valence-electron chi connectivity index (χ3n) is 3.62. The molecule has 0 unspecified atom stereocenters. The number of rotatable bonds is 2. The molecule has 0 amide bonds. The number of fused-ring (bicyclic) bond motifs is 2. The highest BCUT2D eigenvalue weighted by molar-refractivity contribution is 5.16. The van der Waals surface area contributed by atoms with Gasteiger partial charge in [-0.15, -0.1) is 0 Å². The highest BCUT2D eigenvalue weighted by Crippen LogP contribution is 2.40. The van der Waals surface area contributed by atoms with Crippen LogP contribution in [0.4, 0.5) is 0 Å². The van der Waals surface area contributed by atoms with Gasteiger partial charge in [0.2, 0.25) is 0 Å². The molecule has 1 aromatic rings. The molecule has 0 radical (unpaired) electrons. The van der Waals surface area contributed by atoms with Gasteiger partial charge in [0.25, 0.3) is 0 Å². The summed E-state index contributed by atoms with van der Waals surface area (Å²) in [5, 5.41) is 0. The van der Waals surface area contributed by atoms with Gasteiger partial charge in [0.05, 0.1) is 12.2 Å². The molecule has 0 aromatic heterocycles. The van der Waals surface area contributed by atoms with Crippen LogP contribution in [-0.2, 0) is 15.9 Å². The average molecular weight is 218 g/mol. The SMILES string of the molecule is C[C@]12CCC[C@H](O1)[C@@H](Cc1ccccc1)O2. The van der Waals surface area contributed by atoms with Crippen molar-refractivity contribution in [1.82, 2.24) is 0 Å². The van der Waals surface area contributed by atoms with Crippen LogP contribution in [0.1, 0.15) is 31.7 Å². The first-order valence-corrected chi connectivity index (χ1v) is 6.15. The predicted molar refractivity (Wildman–Crippen MR) is 62.1 cm³/mol. The van der Waals surface area contributed by atoms with E-state index >= 15 is 0 Å². The second-order valence-electron chi connectivity index (χ2n) is 5.03. The molecule has 2 aliphatic rings. The molecule has 0 aliphatic carbocycles. The lowest BCUT2D eigenvalue weighted by Gasteiger charge is -2.26. The molecule has 0 saturated carbocycles. The zero-order chi connectivity index (χ0) is 11.0. The lowest BCUT2D eigenvalue weighted by molar-refractivity contribution is -0.179. The molecule has 0 N–H and O–H groups in total. The minimum Gasteiger partial charge on any atom is -0.344 e. The summed E-state index contributed by atoms with van der Waals surface area (Å²) in [4.78, 5) is 0. The Labute approximate surface area is 96.6 Å². The maximum absolute atomic E-state index is 6.05. The van der Waals surface area contributed by atoms with Crippen molar-refractivity contribution in [2.24, 2.45) is 0 Å². The fourth-order valence-corrected chi connectivity index (χ4v) is 2.83. The van der Waals surface area contributed by atoms with Gasteiger partial charge in [-0.25, -0.2) is 0 Å². The minimum absolute atomic E-state index is 0.245. The van der Waals surface area contributed by atoms with Crippen LogP contribution in [0.2, 0.25) is 0 Å². The minimum atomic E-state index is -0.303. The molecule has 2 heteroatoms. The summed E-state index contributed by atoms with van der Waals surface area (Å²) in [5.41, 5.74) is 1.34. The van der Waals surface area contributed by atoms with Gasteiger partial charge >= 0.3 is 0 Å².